The fourth-order valence-corrected chi connectivity index (χ4v) is 2.50. The number of esters is 1. The molecule has 1 amide bonds. The number of hydrogen-bond donors (Lipinski definition) is 1. The number of carbonyl (C=O) groups excluding carboxylic acids is 2. The van der Waals surface area contributed by atoms with Crippen molar-refractivity contribution in [1.82, 2.24) is 0 Å². The van der Waals surface area contributed by atoms with Crippen LogP contribution in [0.1, 0.15) is 4.88 Å². The number of amides is 1. The second kappa shape index (κ2) is 7.75. The van der Waals surface area contributed by atoms with Gasteiger partial charge in [0.2, 0.25) is 0 Å². The van der Waals surface area contributed by atoms with Crippen LogP contribution in [0.5, 0.6) is 0 Å². The van der Waals surface area contributed by atoms with Crippen LogP contribution in [0.15, 0.2) is 52.3 Å². The first kappa shape index (κ1) is 15.5. The molecule has 0 unspecified atom stereocenters. The third-order valence-corrected chi connectivity index (χ3v) is 3.71. The topological polar surface area (TPSA) is 55.4 Å². The Balaban J connectivity index is 1.77. The van der Waals surface area contributed by atoms with Crippen molar-refractivity contribution in [3.05, 3.63) is 57.2 Å². The minimum absolute atomic E-state index is 0.319. The van der Waals surface area contributed by atoms with E-state index in [0.717, 1.165) is 9.35 Å². The number of rotatable bonds is 5. The van der Waals surface area contributed by atoms with Gasteiger partial charge in [0, 0.05) is 21.1 Å². The van der Waals surface area contributed by atoms with Gasteiger partial charge in [-0.05, 0) is 35.7 Å². The Labute approximate surface area is 134 Å². The lowest BCUT2D eigenvalue weighted by Gasteiger charge is -2.05. The van der Waals surface area contributed by atoms with E-state index < -0.39 is 5.97 Å². The zero-order valence-electron chi connectivity index (χ0n) is 10.9. The molecule has 6 heteroatoms. The van der Waals surface area contributed by atoms with Crippen molar-refractivity contribution >= 4 is 50.9 Å². The number of nitrogens with one attached hydrogen (secondary N) is 1. The van der Waals surface area contributed by atoms with Gasteiger partial charge in [-0.15, -0.1) is 11.3 Å². The number of benzene rings is 1. The molecule has 1 aromatic carbocycles. The van der Waals surface area contributed by atoms with Crippen molar-refractivity contribution < 1.29 is 14.3 Å². The second-order valence-electron chi connectivity index (χ2n) is 4.01. The Hall–Kier alpha value is -1.92. The molecule has 0 fully saturated rings. The van der Waals surface area contributed by atoms with Crippen LogP contribution < -0.4 is 5.32 Å². The first-order valence-electron chi connectivity index (χ1n) is 6.07. The Morgan fingerprint density at radius 1 is 1.29 bits per heavy atom. The van der Waals surface area contributed by atoms with Gasteiger partial charge in [-0.2, -0.15) is 0 Å². The van der Waals surface area contributed by atoms with Crippen LogP contribution in [-0.4, -0.2) is 18.5 Å². The lowest BCUT2D eigenvalue weighted by molar-refractivity contribution is -0.142. The summed E-state index contributed by atoms with van der Waals surface area (Å²) in [5, 5.41) is 4.55. The maximum atomic E-state index is 11.6. The van der Waals surface area contributed by atoms with Gasteiger partial charge in [-0.3, -0.25) is 4.79 Å². The predicted molar refractivity (Wildman–Crippen MR) is 87.1 cm³/mol. The third-order valence-electron chi connectivity index (χ3n) is 2.38. The van der Waals surface area contributed by atoms with Gasteiger partial charge in [0.05, 0.1) is 0 Å². The molecule has 1 heterocycles. The first-order chi connectivity index (χ1) is 10.1. The molecule has 108 valence electrons. The highest BCUT2D eigenvalue weighted by atomic mass is 79.9. The lowest BCUT2D eigenvalue weighted by Crippen LogP contribution is -2.20. The van der Waals surface area contributed by atoms with Gasteiger partial charge in [-0.25, -0.2) is 4.79 Å². The molecule has 21 heavy (non-hydrogen) atoms. The fraction of sp³-hybridized carbons (Fsp3) is 0.0667. The minimum Gasteiger partial charge on any atom is -0.452 e. The van der Waals surface area contributed by atoms with Crippen LogP contribution in [0.3, 0.4) is 0 Å². The Morgan fingerprint density at radius 2 is 2.14 bits per heavy atom. The molecule has 4 nitrogen and oxygen atoms in total. The number of ether oxygens (including phenoxy) is 1. The average Bonchev–Trinajstić information content (AvgIpc) is 2.96. The molecule has 2 rings (SSSR count). The number of thiophene rings is 1. The van der Waals surface area contributed by atoms with E-state index in [-0.39, 0.29) is 12.5 Å². The molecule has 0 aliphatic rings. The number of carbonyl (C=O) groups is 2. The lowest BCUT2D eigenvalue weighted by atomic mass is 10.3. The van der Waals surface area contributed by atoms with Crippen molar-refractivity contribution in [2.75, 3.05) is 11.9 Å². The van der Waals surface area contributed by atoms with E-state index in [9.17, 15) is 9.59 Å². The summed E-state index contributed by atoms with van der Waals surface area (Å²) in [6, 6.07) is 10.9. The maximum absolute atomic E-state index is 11.6. The monoisotopic (exact) mass is 365 g/mol. The summed E-state index contributed by atoms with van der Waals surface area (Å²) < 4.78 is 5.72. The fourth-order valence-electron chi connectivity index (χ4n) is 1.48. The van der Waals surface area contributed by atoms with Gasteiger partial charge in [0.25, 0.3) is 5.91 Å². The highest BCUT2D eigenvalue weighted by molar-refractivity contribution is 9.10. The average molecular weight is 366 g/mol. The van der Waals surface area contributed by atoms with Crippen LogP contribution in [0.25, 0.3) is 6.08 Å². The van der Waals surface area contributed by atoms with E-state index in [1.165, 1.54) is 17.4 Å². The molecule has 0 bridgehead atoms. The maximum Gasteiger partial charge on any atom is 0.331 e. The molecule has 1 N–H and O–H groups in total. The summed E-state index contributed by atoms with van der Waals surface area (Å²) in [7, 11) is 0. The van der Waals surface area contributed by atoms with Crippen molar-refractivity contribution in [2.45, 2.75) is 0 Å². The summed E-state index contributed by atoms with van der Waals surface area (Å²) in [6.45, 7) is -0.319. The smallest absolute Gasteiger partial charge is 0.331 e. The van der Waals surface area contributed by atoms with Crippen LogP contribution in [0.2, 0.25) is 0 Å². The Morgan fingerprint density at radius 3 is 2.86 bits per heavy atom. The van der Waals surface area contributed by atoms with Crippen LogP contribution in [0, 0.1) is 0 Å². The molecule has 1 aromatic heterocycles. The molecule has 0 aliphatic heterocycles. The summed E-state index contributed by atoms with van der Waals surface area (Å²) in [5.74, 6) is -0.932. The zero-order valence-corrected chi connectivity index (χ0v) is 13.3. The highest BCUT2D eigenvalue weighted by Gasteiger charge is 2.05. The van der Waals surface area contributed by atoms with E-state index in [2.05, 4.69) is 21.2 Å². The molecular formula is C15H12BrNO3S. The van der Waals surface area contributed by atoms with Gasteiger partial charge in [-0.1, -0.05) is 28.1 Å². The standard InChI is InChI=1S/C15H12BrNO3S/c16-11-3-1-4-12(9-11)17-14(18)10-20-15(19)7-6-13-5-2-8-21-13/h1-9H,10H2,(H,17,18)/b7-6+. The van der Waals surface area contributed by atoms with Crippen LogP contribution in [0.4, 0.5) is 5.69 Å². The molecule has 0 aliphatic carbocycles. The molecule has 0 saturated heterocycles. The van der Waals surface area contributed by atoms with Gasteiger partial charge >= 0.3 is 5.97 Å². The van der Waals surface area contributed by atoms with Crippen molar-refractivity contribution in [3.8, 4) is 0 Å². The van der Waals surface area contributed by atoms with E-state index in [1.807, 2.05) is 23.6 Å². The quantitative estimate of drug-likeness (QED) is 0.649. The third kappa shape index (κ3) is 5.53. The molecule has 0 saturated carbocycles. The number of halogens is 1. The summed E-state index contributed by atoms with van der Waals surface area (Å²) in [5.41, 5.74) is 0.638. The highest BCUT2D eigenvalue weighted by Crippen LogP contribution is 2.15. The minimum atomic E-state index is -0.548. The molecule has 0 spiro atoms. The first-order valence-corrected chi connectivity index (χ1v) is 7.74. The summed E-state index contributed by atoms with van der Waals surface area (Å²) in [4.78, 5) is 24.0. The number of hydrogen-bond acceptors (Lipinski definition) is 4. The Kier molecular flexibility index (Phi) is 5.71. The van der Waals surface area contributed by atoms with Gasteiger partial charge < -0.3 is 10.1 Å². The van der Waals surface area contributed by atoms with Crippen molar-refractivity contribution in [1.29, 1.82) is 0 Å². The largest absolute Gasteiger partial charge is 0.452 e. The van der Waals surface area contributed by atoms with Crippen molar-refractivity contribution in [2.24, 2.45) is 0 Å². The molecule has 0 radical (unpaired) electrons. The van der Waals surface area contributed by atoms with Crippen LogP contribution >= 0.6 is 27.3 Å². The van der Waals surface area contributed by atoms with Gasteiger partial charge in [0.15, 0.2) is 6.61 Å². The second-order valence-corrected chi connectivity index (χ2v) is 5.91. The van der Waals surface area contributed by atoms with E-state index in [1.54, 1.807) is 24.3 Å². The van der Waals surface area contributed by atoms with Crippen LogP contribution in [-0.2, 0) is 14.3 Å². The summed E-state index contributed by atoms with van der Waals surface area (Å²) >= 11 is 4.82. The normalized spacial score (nSPS) is 10.5. The van der Waals surface area contributed by atoms with Crippen molar-refractivity contribution in [3.63, 3.8) is 0 Å². The zero-order chi connectivity index (χ0) is 15.1. The molecule has 0 atom stereocenters. The Bertz CT molecular complexity index is 653. The SMILES string of the molecule is O=C(COC(=O)/C=C/c1cccs1)Nc1cccc(Br)c1. The van der Waals surface area contributed by atoms with E-state index in [4.69, 9.17) is 4.74 Å². The van der Waals surface area contributed by atoms with E-state index >= 15 is 0 Å². The summed E-state index contributed by atoms with van der Waals surface area (Å²) in [6.07, 6.45) is 2.96. The molecule has 2 aromatic rings. The predicted octanol–water partition coefficient (Wildman–Crippen LogP) is 3.71. The van der Waals surface area contributed by atoms with E-state index in [0.29, 0.717) is 5.69 Å². The number of anilines is 1. The van der Waals surface area contributed by atoms with Gasteiger partial charge in [0.1, 0.15) is 0 Å². The molecular weight excluding hydrogens is 354 g/mol.